The molecule has 1 atom stereocenters. The topological polar surface area (TPSA) is 12.0 Å². The van der Waals surface area contributed by atoms with Crippen molar-refractivity contribution in [2.45, 2.75) is 71.6 Å². The van der Waals surface area contributed by atoms with Gasteiger partial charge in [0.05, 0.1) is 0 Å². The van der Waals surface area contributed by atoms with E-state index in [1.54, 1.807) is 0 Å². The number of hydrogen-bond acceptors (Lipinski definition) is 1. The molecule has 1 unspecified atom stereocenters. The zero-order valence-electron chi connectivity index (χ0n) is 11.2. The van der Waals surface area contributed by atoms with Crippen LogP contribution in [-0.4, -0.2) is 6.54 Å². The zero-order chi connectivity index (χ0) is 11.6. The van der Waals surface area contributed by atoms with Crippen molar-refractivity contribution in [2.24, 2.45) is 5.92 Å². The Bertz CT molecular complexity index is 196. The maximum absolute atomic E-state index is 3.62. The molecule has 0 aromatic carbocycles. The molecule has 0 saturated heterocycles. The second-order valence-electron chi connectivity index (χ2n) is 5.12. The Morgan fingerprint density at radius 1 is 1.19 bits per heavy atom. The Labute approximate surface area is 102 Å². The van der Waals surface area contributed by atoms with Gasteiger partial charge < -0.3 is 5.32 Å². The van der Waals surface area contributed by atoms with Gasteiger partial charge in [-0.2, -0.15) is 0 Å². The molecule has 0 aliphatic heterocycles. The molecule has 0 radical (unpaired) electrons. The van der Waals surface area contributed by atoms with Crippen molar-refractivity contribution >= 4 is 0 Å². The van der Waals surface area contributed by atoms with Crippen LogP contribution in [0.5, 0.6) is 0 Å². The highest BCUT2D eigenvalue weighted by Gasteiger charge is 2.12. The molecule has 0 fully saturated rings. The van der Waals surface area contributed by atoms with Gasteiger partial charge >= 0.3 is 0 Å². The van der Waals surface area contributed by atoms with E-state index in [0.29, 0.717) is 0 Å². The van der Waals surface area contributed by atoms with Gasteiger partial charge in [0.1, 0.15) is 0 Å². The molecule has 1 aliphatic rings. The average Bonchev–Trinajstić information content (AvgIpc) is 2.33. The van der Waals surface area contributed by atoms with Crippen molar-refractivity contribution in [1.82, 2.24) is 5.32 Å². The summed E-state index contributed by atoms with van der Waals surface area (Å²) in [5.41, 5.74) is 1.53. The lowest BCUT2D eigenvalue weighted by atomic mass is 9.89. The van der Waals surface area contributed by atoms with E-state index in [0.717, 1.165) is 5.92 Å². The molecule has 0 saturated carbocycles. The summed E-state index contributed by atoms with van der Waals surface area (Å²) in [7, 11) is 0. The Morgan fingerprint density at radius 3 is 2.75 bits per heavy atom. The molecule has 1 N–H and O–H groups in total. The highest BCUT2D eigenvalue weighted by Crippen LogP contribution is 2.25. The zero-order valence-corrected chi connectivity index (χ0v) is 11.2. The van der Waals surface area contributed by atoms with Crippen molar-refractivity contribution in [3.8, 4) is 0 Å². The molecular formula is C15H29N. The van der Waals surface area contributed by atoms with Crippen molar-refractivity contribution in [2.75, 3.05) is 6.54 Å². The van der Waals surface area contributed by atoms with E-state index in [9.17, 15) is 0 Å². The van der Waals surface area contributed by atoms with Crippen LogP contribution in [0.4, 0.5) is 0 Å². The van der Waals surface area contributed by atoms with Crippen LogP contribution in [0.15, 0.2) is 11.8 Å². The van der Waals surface area contributed by atoms with Gasteiger partial charge in [0.15, 0.2) is 0 Å². The predicted molar refractivity (Wildman–Crippen MR) is 72.5 cm³/mol. The molecule has 1 nitrogen and oxygen atoms in total. The van der Waals surface area contributed by atoms with E-state index < -0.39 is 0 Å². The first-order chi connectivity index (χ1) is 7.86. The van der Waals surface area contributed by atoms with Crippen LogP contribution in [-0.2, 0) is 0 Å². The fourth-order valence-electron chi connectivity index (χ4n) is 2.47. The number of hydrogen-bond donors (Lipinski definition) is 1. The summed E-state index contributed by atoms with van der Waals surface area (Å²) in [5, 5.41) is 3.62. The number of allylic oxidation sites excluding steroid dienone is 2. The third-order valence-corrected chi connectivity index (χ3v) is 3.52. The summed E-state index contributed by atoms with van der Waals surface area (Å²) in [6.07, 6.45) is 14.7. The average molecular weight is 223 g/mol. The molecule has 94 valence electrons. The van der Waals surface area contributed by atoms with Gasteiger partial charge in [-0.3, -0.25) is 0 Å². The highest BCUT2D eigenvalue weighted by atomic mass is 14.9. The maximum atomic E-state index is 3.62. The SMILES string of the molecule is CCCCCNC1=CC(CCCC)CCC1. The Balaban J connectivity index is 2.20. The molecule has 0 aromatic rings. The molecule has 0 aromatic heterocycles. The van der Waals surface area contributed by atoms with E-state index in [2.05, 4.69) is 25.2 Å². The van der Waals surface area contributed by atoms with Gasteiger partial charge in [0.25, 0.3) is 0 Å². The minimum atomic E-state index is 0.863. The first-order valence-corrected chi connectivity index (χ1v) is 7.31. The summed E-state index contributed by atoms with van der Waals surface area (Å²) >= 11 is 0. The first kappa shape index (κ1) is 13.6. The predicted octanol–water partition coefficient (Wildman–Crippen LogP) is 4.64. The monoisotopic (exact) mass is 223 g/mol. The molecule has 0 spiro atoms. The van der Waals surface area contributed by atoms with Crippen LogP contribution in [0.1, 0.15) is 71.6 Å². The number of rotatable bonds is 8. The molecule has 1 rings (SSSR count). The molecule has 0 bridgehead atoms. The summed E-state index contributed by atoms with van der Waals surface area (Å²) in [5.74, 6) is 0.863. The molecule has 1 heteroatoms. The van der Waals surface area contributed by atoms with Crippen molar-refractivity contribution in [1.29, 1.82) is 0 Å². The fraction of sp³-hybridized carbons (Fsp3) is 0.867. The van der Waals surface area contributed by atoms with Crippen LogP contribution in [0.2, 0.25) is 0 Å². The number of nitrogens with one attached hydrogen (secondary N) is 1. The summed E-state index contributed by atoms with van der Waals surface area (Å²) in [4.78, 5) is 0. The first-order valence-electron chi connectivity index (χ1n) is 7.31. The van der Waals surface area contributed by atoms with Gasteiger partial charge in [0.2, 0.25) is 0 Å². The molecular weight excluding hydrogens is 194 g/mol. The fourth-order valence-corrected chi connectivity index (χ4v) is 2.47. The standard InChI is InChI=1S/C15H29N/c1-3-5-7-12-16-15-11-8-10-14(13-15)9-6-4-2/h13-14,16H,3-12H2,1-2H3. The van der Waals surface area contributed by atoms with Crippen molar-refractivity contribution < 1.29 is 0 Å². The molecule has 16 heavy (non-hydrogen) atoms. The second kappa shape index (κ2) is 8.66. The van der Waals surface area contributed by atoms with Crippen molar-refractivity contribution in [3.63, 3.8) is 0 Å². The van der Waals surface area contributed by atoms with E-state index in [1.807, 2.05) is 0 Å². The second-order valence-corrected chi connectivity index (χ2v) is 5.12. The van der Waals surface area contributed by atoms with Crippen LogP contribution >= 0.6 is 0 Å². The maximum Gasteiger partial charge on any atom is 0.0143 e. The lowest BCUT2D eigenvalue weighted by Gasteiger charge is -2.22. The van der Waals surface area contributed by atoms with Crippen molar-refractivity contribution in [3.05, 3.63) is 11.8 Å². The quantitative estimate of drug-likeness (QED) is 0.591. The van der Waals surface area contributed by atoms with Crippen LogP contribution < -0.4 is 5.32 Å². The minimum Gasteiger partial charge on any atom is -0.389 e. The smallest absolute Gasteiger partial charge is 0.0143 e. The van der Waals surface area contributed by atoms with E-state index in [-0.39, 0.29) is 0 Å². The largest absolute Gasteiger partial charge is 0.389 e. The van der Waals surface area contributed by atoms with Crippen LogP contribution in [0, 0.1) is 5.92 Å². The van der Waals surface area contributed by atoms with E-state index >= 15 is 0 Å². The Kier molecular flexibility index (Phi) is 7.37. The lowest BCUT2D eigenvalue weighted by Crippen LogP contribution is -2.19. The normalized spacial score (nSPS) is 20.6. The van der Waals surface area contributed by atoms with Gasteiger partial charge in [-0.25, -0.2) is 0 Å². The third kappa shape index (κ3) is 5.58. The summed E-state index contributed by atoms with van der Waals surface area (Å²) in [6, 6.07) is 0. The van der Waals surface area contributed by atoms with Gasteiger partial charge in [0, 0.05) is 12.2 Å². The van der Waals surface area contributed by atoms with Gasteiger partial charge in [-0.15, -0.1) is 0 Å². The van der Waals surface area contributed by atoms with Crippen LogP contribution in [0.3, 0.4) is 0 Å². The summed E-state index contributed by atoms with van der Waals surface area (Å²) in [6.45, 7) is 5.73. The van der Waals surface area contributed by atoms with Gasteiger partial charge in [-0.05, 0) is 38.0 Å². The highest BCUT2D eigenvalue weighted by molar-refractivity contribution is 5.05. The van der Waals surface area contributed by atoms with E-state index in [1.165, 1.54) is 70.0 Å². The minimum absolute atomic E-state index is 0.863. The summed E-state index contributed by atoms with van der Waals surface area (Å²) < 4.78 is 0. The Hall–Kier alpha value is -0.460. The number of unbranched alkanes of at least 4 members (excludes halogenated alkanes) is 3. The third-order valence-electron chi connectivity index (χ3n) is 3.52. The molecule has 0 heterocycles. The van der Waals surface area contributed by atoms with Gasteiger partial charge in [-0.1, -0.05) is 45.6 Å². The Morgan fingerprint density at radius 2 is 2.00 bits per heavy atom. The lowest BCUT2D eigenvalue weighted by molar-refractivity contribution is 0.463. The van der Waals surface area contributed by atoms with Crippen LogP contribution in [0.25, 0.3) is 0 Å². The molecule has 0 amide bonds. The van der Waals surface area contributed by atoms with E-state index in [4.69, 9.17) is 0 Å². The molecule has 1 aliphatic carbocycles.